The molecule has 2 N–H and O–H groups in total. The highest BCUT2D eigenvalue weighted by atomic mass is 16.5. The van der Waals surface area contributed by atoms with Crippen LogP contribution >= 0.6 is 0 Å². The molecule has 0 saturated heterocycles. The molecule has 0 fully saturated rings. The van der Waals surface area contributed by atoms with Gasteiger partial charge in [0.05, 0.1) is 12.2 Å². The minimum Gasteiger partial charge on any atom is -0.493 e. The molecular formula is C10H13BO4. The Morgan fingerprint density at radius 1 is 1.47 bits per heavy atom. The van der Waals surface area contributed by atoms with Crippen molar-refractivity contribution < 1.29 is 19.6 Å². The molecule has 15 heavy (non-hydrogen) atoms. The van der Waals surface area contributed by atoms with Crippen molar-refractivity contribution in [2.75, 3.05) is 6.61 Å². The van der Waals surface area contributed by atoms with Crippen molar-refractivity contribution in [1.29, 1.82) is 0 Å². The number of benzene rings is 1. The molecule has 0 aliphatic rings. The van der Waals surface area contributed by atoms with Crippen LogP contribution in [0.4, 0.5) is 0 Å². The first-order chi connectivity index (χ1) is 7.19. The van der Waals surface area contributed by atoms with Gasteiger partial charge in [0.1, 0.15) is 5.75 Å². The Morgan fingerprint density at radius 2 is 2.20 bits per heavy atom. The third kappa shape index (κ3) is 3.07. The summed E-state index contributed by atoms with van der Waals surface area (Å²) >= 11 is 0. The lowest BCUT2D eigenvalue weighted by Crippen LogP contribution is -2.30. The first kappa shape index (κ1) is 11.7. The molecule has 5 heteroatoms. The third-order valence-electron chi connectivity index (χ3n) is 1.92. The van der Waals surface area contributed by atoms with Crippen molar-refractivity contribution in [3.8, 4) is 5.75 Å². The van der Waals surface area contributed by atoms with Gasteiger partial charge in [0, 0.05) is 0 Å². The van der Waals surface area contributed by atoms with Gasteiger partial charge in [-0.3, -0.25) is 4.79 Å². The summed E-state index contributed by atoms with van der Waals surface area (Å²) in [7, 11) is -1.57. The van der Waals surface area contributed by atoms with Crippen LogP contribution in [0.1, 0.15) is 23.7 Å². The Hall–Kier alpha value is -1.33. The molecule has 0 aromatic heterocycles. The lowest BCUT2D eigenvalue weighted by atomic mass is 9.79. The monoisotopic (exact) mass is 208 g/mol. The Kier molecular flexibility index (Phi) is 4.33. The molecule has 0 heterocycles. The lowest BCUT2D eigenvalue weighted by Gasteiger charge is -2.08. The molecule has 1 aromatic rings. The molecule has 0 radical (unpaired) electrons. The summed E-state index contributed by atoms with van der Waals surface area (Å²) in [6.07, 6.45) is 1.49. The smallest absolute Gasteiger partial charge is 0.488 e. The highest BCUT2D eigenvalue weighted by molar-refractivity contribution is 6.58. The molecule has 0 aliphatic heterocycles. The van der Waals surface area contributed by atoms with Gasteiger partial charge in [-0.05, 0) is 24.0 Å². The van der Waals surface area contributed by atoms with Gasteiger partial charge < -0.3 is 14.8 Å². The fourth-order valence-corrected chi connectivity index (χ4v) is 1.16. The van der Waals surface area contributed by atoms with Crippen LogP contribution in [0.25, 0.3) is 0 Å². The zero-order valence-electron chi connectivity index (χ0n) is 8.51. The van der Waals surface area contributed by atoms with Crippen LogP contribution in [0.2, 0.25) is 0 Å². The summed E-state index contributed by atoms with van der Waals surface area (Å²) in [6.45, 7) is 2.49. The number of aldehydes is 1. The molecular weight excluding hydrogens is 195 g/mol. The van der Waals surface area contributed by atoms with Gasteiger partial charge in [0.25, 0.3) is 0 Å². The maximum absolute atomic E-state index is 10.7. The normalized spacial score (nSPS) is 9.80. The molecule has 0 aliphatic carbocycles. The van der Waals surface area contributed by atoms with E-state index in [4.69, 9.17) is 14.8 Å². The van der Waals surface area contributed by atoms with Crippen molar-refractivity contribution >= 4 is 18.9 Å². The van der Waals surface area contributed by atoms with E-state index >= 15 is 0 Å². The topological polar surface area (TPSA) is 66.8 Å². The van der Waals surface area contributed by atoms with Gasteiger partial charge in [-0.2, -0.15) is 0 Å². The van der Waals surface area contributed by atoms with Crippen LogP contribution in [0.15, 0.2) is 18.2 Å². The van der Waals surface area contributed by atoms with E-state index in [0.717, 1.165) is 6.42 Å². The van der Waals surface area contributed by atoms with Crippen molar-refractivity contribution in [3.05, 3.63) is 23.8 Å². The molecule has 0 bridgehead atoms. The van der Waals surface area contributed by atoms with Crippen molar-refractivity contribution in [2.24, 2.45) is 0 Å². The van der Waals surface area contributed by atoms with E-state index in [2.05, 4.69) is 0 Å². The average molecular weight is 208 g/mol. The quantitative estimate of drug-likeness (QED) is 0.526. The van der Waals surface area contributed by atoms with E-state index in [9.17, 15) is 4.79 Å². The Morgan fingerprint density at radius 3 is 2.73 bits per heavy atom. The molecule has 0 saturated carbocycles. The number of hydrogen-bond donors (Lipinski definition) is 2. The standard InChI is InChI=1S/C10H13BO4/c1-2-5-15-10-4-3-9(11(13)14)6-8(10)7-12/h3-4,6-7,13-14H,2,5H2,1H3. The van der Waals surface area contributed by atoms with Crippen LogP contribution < -0.4 is 10.2 Å². The Bertz CT molecular complexity index is 338. The van der Waals surface area contributed by atoms with E-state index in [1.165, 1.54) is 12.1 Å². The molecule has 0 amide bonds. The van der Waals surface area contributed by atoms with Crippen LogP contribution in [-0.4, -0.2) is 30.1 Å². The van der Waals surface area contributed by atoms with Crippen LogP contribution in [0.3, 0.4) is 0 Å². The highest BCUT2D eigenvalue weighted by Gasteiger charge is 2.13. The van der Waals surface area contributed by atoms with Crippen molar-refractivity contribution in [2.45, 2.75) is 13.3 Å². The Balaban J connectivity index is 2.93. The summed E-state index contributed by atoms with van der Waals surface area (Å²) in [5, 5.41) is 17.8. The molecule has 1 rings (SSSR count). The van der Waals surface area contributed by atoms with Gasteiger partial charge in [0.2, 0.25) is 0 Å². The van der Waals surface area contributed by atoms with Gasteiger partial charge in [-0.25, -0.2) is 0 Å². The van der Waals surface area contributed by atoms with Gasteiger partial charge in [-0.15, -0.1) is 0 Å². The number of carbonyl (C=O) groups is 1. The summed E-state index contributed by atoms with van der Waals surface area (Å²) in [5.74, 6) is 0.469. The average Bonchev–Trinajstić information content (AvgIpc) is 2.25. The van der Waals surface area contributed by atoms with Crippen LogP contribution in [-0.2, 0) is 0 Å². The van der Waals surface area contributed by atoms with E-state index in [1.54, 1.807) is 6.07 Å². The minimum absolute atomic E-state index is 0.279. The van der Waals surface area contributed by atoms with E-state index in [-0.39, 0.29) is 5.46 Å². The maximum atomic E-state index is 10.7. The zero-order valence-corrected chi connectivity index (χ0v) is 8.51. The summed E-state index contributed by atoms with van der Waals surface area (Å²) in [5.41, 5.74) is 0.606. The molecule has 80 valence electrons. The molecule has 0 unspecified atom stereocenters. The molecule has 0 spiro atoms. The van der Waals surface area contributed by atoms with Crippen LogP contribution in [0.5, 0.6) is 5.75 Å². The van der Waals surface area contributed by atoms with Crippen molar-refractivity contribution in [3.63, 3.8) is 0 Å². The van der Waals surface area contributed by atoms with Gasteiger partial charge >= 0.3 is 7.12 Å². The SMILES string of the molecule is CCCOc1ccc(B(O)O)cc1C=O. The second-order valence-electron chi connectivity index (χ2n) is 3.14. The highest BCUT2D eigenvalue weighted by Crippen LogP contribution is 2.14. The number of rotatable bonds is 5. The largest absolute Gasteiger partial charge is 0.493 e. The predicted molar refractivity (Wildman–Crippen MR) is 57.4 cm³/mol. The number of hydrogen-bond acceptors (Lipinski definition) is 4. The lowest BCUT2D eigenvalue weighted by molar-refractivity contribution is 0.111. The summed E-state index contributed by atoms with van der Waals surface area (Å²) in [4.78, 5) is 10.7. The van der Waals surface area contributed by atoms with Gasteiger partial charge in [0.15, 0.2) is 6.29 Å². The Labute approximate surface area is 88.6 Å². The number of ether oxygens (including phenoxy) is 1. The van der Waals surface area contributed by atoms with Gasteiger partial charge in [-0.1, -0.05) is 13.0 Å². The maximum Gasteiger partial charge on any atom is 0.488 e. The molecule has 0 atom stereocenters. The zero-order chi connectivity index (χ0) is 11.3. The summed E-state index contributed by atoms with van der Waals surface area (Å²) in [6, 6.07) is 4.49. The first-order valence-corrected chi connectivity index (χ1v) is 4.77. The second-order valence-corrected chi connectivity index (χ2v) is 3.14. The second kappa shape index (κ2) is 5.53. The first-order valence-electron chi connectivity index (χ1n) is 4.77. The van der Waals surface area contributed by atoms with E-state index in [0.29, 0.717) is 24.2 Å². The molecule has 4 nitrogen and oxygen atoms in total. The van der Waals surface area contributed by atoms with Crippen LogP contribution in [0, 0.1) is 0 Å². The fourth-order valence-electron chi connectivity index (χ4n) is 1.16. The number of carbonyl (C=O) groups excluding carboxylic acids is 1. The molecule has 1 aromatic carbocycles. The fraction of sp³-hybridized carbons (Fsp3) is 0.300. The minimum atomic E-state index is -1.57. The van der Waals surface area contributed by atoms with E-state index in [1.807, 2.05) is 6.92 Å². The summed E-state index contributed by atoms with van der Waals surface area (Å²) < 4.78 is 5.32. The van der Waals surface area contributed by atoms with Crippen molar-refractivity contribution in [1.82, 2.24) is 0 Å². The predicted octanol–water partition coefficient (Wildman–Crippen LogP) is -0.0323. The van der Waals surface area contributed by atoms with E-state index < -0.39 is 7.12 Å². The third-order valence-corrected chi connectivity index (χ3v) is 1.92.